The summed E-state index contributed by atoms with van der Waals surface area (Å²) in [6, 6.07) is 2.40. The van der Waals surface area contributed by atoms with Crippen molar-refractivity contribution in [3.8, 4) is 0 Å². The van der Waals surface area contributed by atoms with Crippen LogP contribution in [0.3, 0.4) is 0 Å². The summed E-state index contributed by atoms with van der Waals surface area (Å²) in [6.07, 6.45) is 0.145. The normalized spacial score (nSPS) is 10.1. The quantitative estimate of drug-likeness (QED) is 0.371. The largest absolute Gasteiger partial charge is 0.478 e. The van der Waals surface area contributed by atoms with E-state index < -0.39 is 10.9 Å². The van der Waals surface area contributed by atoms with Crippen molar-refractivity contribution >= 4 is 29.4 Å². The van der Waals surface area contributed by atoms with Crippen LogP contribution in [0.1, 0.15) is 22.3 Å². The summed E-state index contributed by atoms with van der Waals surface area (Å²) in [5.41, 5.74) is -0.0109. The zero-order valence-corrected chi connectivity index (χ0v) is 11.7. The molecule has 1 rings (SSSR count). The lowest BCUT2D eigenvalue weighted by Gasteiger charge is -2.07. The molecule has 0 saturated carbocycles. The molecule has 0 heterocycles. The molecule has 0 radical (unpaired) electrons. The van der Waals surface area contributed by atoms with Gasteiger partial charge in [-0.3, -0.25) is 14.9 Å². The molecule has 8 heteroatoms. The van der Waals surface area contributed by atoms with Crippen LogP contribution in [0.5, 0.6) is 0 Å². The summed E-state index contributed by atoms with van der Waals surface area (Å²) in [5, 5.41) is 19.9. The van der Waals surface area contributed by atoms with Gasteiger partial charge in [-0.15, -0.1) is 11.8 Å². The fourth-order valence-electron chi connectivity index (χ4n) is 1.48. The Morgan fingerprint density at radius 2 is 2.10 bits per heavy atom. The molecule has 7 nitrogen and oxygen atoms in total. The van der Waals surface area contributed by atoms with Crippen molar-refractivity contribution in [3.05, 3.63) is 33.4 Å². The van der Waals surface area contributed by atoms with E-state index in [1.54, 1.807) is 6.92 Å². The maximum atomic E-state index is 11.0. The number of hydrogen-bond donors (Lipinski definition) is 1. The molecule has 1 aromatic rings. The van der Waals surface area contributed by atoms with E-state index in [1.807, 2.05) is 0 Å². The number of aromatic carboxylic acids is 1. The molecule has 1 N–H and O–H groups in total. The van der Waals surface area contributed by atoms with Gasteiger partial charge in [0.1, 0.15) is 0 Å². The average Bonchev–Trinajstić information content (AvgIpc) is 2.39. The van der Waals surface area contributed by atoms with Crippen LogP contribution in [0.25, 0.3) is 0 Å². The van der Waals surface area contributed by atoms with Gasteiger partial charge in [0.05, 0.1) is 24.0 Å². The van der Waals surface area contributed by atoms with E-state index in [-0.39, 0.29) is 23.6 Å². The van der Waals surface area contributed by atoms with Crippen LogP contribution in [0.4, 0.5) is 5.69 Å². The monoisotopic (exact) mass is 299 g/mol. The second kappa shape index (κ2) is 6.90. The van der Waals surface area contributed by atoms with Gasteiger partial charge >= 0.3 is 11.9 Å². The fourth-order valence-corrected chi connectivity index (χ4v) is 2.50. The number of nitro groups is 1. The molecule has 0 aliphatic rings. The Morgan fingerprint density at radius 3 is 2.60 bits per heavy atom. The molecule has 0 unspecified atom stereocenters. The first-order valence-electron chi connectivity index (χ1n) is 5.58. The van der Waals surface area contributed by atoms with Gasteiger partial charge in [-0.1, -0.05) is 0 Å². The van der Waals surface area contributed by atoms with E-state index in [4.69, 9.17) is 5.11 Å². The number of nitrogens with zero attached hydrogens (tertiary/aromatic N) is 1. The summed E-state index contributed by atoms with van der Waals surface area (Å²) >= 11 is 1.19. The lowest BCUT2D eigenvalue weighted by Crippen LogP contribution is -2.03. The zero-order chi connectivity index (χ0) is 15.3. The highest BCUT2D eigenvalue weighted by molar-refractivity contribution is 7.99. The van der Waals surface area contributed by atoms with Gasteiger partial charge in [0.15, 0.2) is 0 Å². The summed E-state index contributed by atoms with van der Waals surface area (Å²) in [6.45, 7) is 1.55. The number of carbonyl (C=O) groups excluding carboxylic acids is 1. The first-order valence-corrected chi connectivity index (χ1v) is 6.57. The summed E-state index contributed by atoms with van der Waals surface area (Å²) in [4.78, 5) is 32.7. The second-order valence-corrected chi connectivity index (χ2v) is 4.99. The number of carbonyl (C=O) groups is 2. The lowest BCUT2D eigenvalue weighted by atomic mass is 10.1. The number of hydrogen-bond acceptors (Lipinski definition) is 6. The van der Waals surface area contributed by atoms with Crippen LogP contribution >= 0.6 is 11.8 Å². The number of carboxylic acid groups (broad SMARTS) is 1. The van der Waals surface area contributed by atoms with E-state index in [1.165, 1.54) is 24.9 Å². The third-order valence-corrected chi connectivity index (χ3v) is 3.71. The molecule has 0 bridgehead atoms. The molecule has 1 aromatic carbocycles. The number of nitro benzene ring substituents is 1. The Kier molecular flexibility index (Phi) is 5.51. The first-order chi connectivity index (χ1) is 9.36. The summed E-state index contributed by atoms with van der Waals surface area (Å²) in [7, 11) is 1.27. The van der Waals surface area contributed by atoms with Gasteiger partial charge in [0, 0.05) is 22.3 Å². The van der Waals surface area contributed by atoms with Crippen LogP contribution in [-0.4, -0.2) is 34.8 Å². The molecule has 0 saturated heterocycles. The van der Waals surface area contributed by atoms with Crippen LogP contribution < -0.4 is 0 Å². The van der Waals surface area contributed by atoms with Gasteiger partial charge in [-0.05, 0) is 13.0 Å². The number of benzene rings is 1. The number of esters is 1. The average molecular weight is 299 g/mol. The molecule has 108 valence electrons. The van der Waals surface area contributed by atoms with Crippen LogP contribution in [0.15, 0.2) is 17.0 Å². The molecule has 0 fully saturated rings. The predicted octanol–water partition coefficient (Wildman–Crippen LogP) is 2.26. The van der Waals surface area contributed by atoms with Gasteiger partial charge < -0.3 is 9.84 Å². The SMILES string of the molecule is COC(=O)CCSc1cc(C(=O)O)cc([N+](=O)[O-])c1C. The maximum absolute atomic E-state index is 11.0. The molecule has 0 atom stereocenters. The highest BCUT2D eigenvalue weighted by atomic mass is 32.2. The molecular weight excluding hydrogens is 286 g/mol. The van der Waals surface area contributed by atoms with E-state index in [0.29, 0.717) is 16.2 Å². The minimum Gasteiger partial charge on any atom is -0.478 e. The van der Waals surface area contributed by atoms with Gasteiger partial charge in [-0.2, -0.15) is 0 Å². The minimum atomic E-state index is -1.23. The van der Waals surface area contributed by atoms with Crippen molar-refractivity contribution in [2.24, 2.45) is 0 Å². The highest BCUT2D eigenvalue weighted by Crippen LogP contribution is 2.31. The Morgan fingerprint density at radius 1 is 1.45 bits per heavy atom. The molecule has 0 amide bonds. The van der Waals surface area contributed by atoms with E-state index >= 15 is 0 Å². The number of methoxy groups -OCH3 is 1. The van der Waals surface area contributed by atoms with E-state index in [0.717, 1.165) is 6.07 Å². The van der Waals surface area contributed by atoms with Crippen LogP contribution in [0, 0.1) is 17.0 Å². The predicted molar refractivity (Wildman–Crippen MR) is 72.1 cm³/mol. The van der Waals surface area contributed by atoms with Crippen molar-refractivity contribution in [3.63, 3.8) is 0 Å². The number of thioether (sulfide) groups is 1. The van der Waals surface area contributed by atoms with Crippen LogP contribution in [-0.2, 0) is 9.53 Å². The Bertz CT molecular complexity index is 557. The van der Waals surface area contributed by atoms with Crippen molar-refractivity contribution in [1.82, 2.24) is 0 Å². The Balaban J connectivity index is 3.02. The molecule has 20 heavy (non-hydrogen) atoms. The standard InChI is InChI=1S/C12H13NO6S/c1-7-9(13(17)18)5-8(12(15)16)6-10(7)20-4-3-11(14)19-2/h5-6H,3-4H2,1-2H3,(H,15,16). The Labute approximate surface area is 119 Å². The van der Waals surface area contributed by atoms with E-state index in [9.17, 15) is 19.7 Å². The second-order valence-electron chi connectivity index (χ2n) is 3.86. The smallest absolute Gasteiger partial charge is 0.335 e. The van der Waals surface area contributed by atoms with Crippen molar-refractivity contribution < 1.29 is 24.4 Å². The third kappa shape index (κ3) is 3.95. The summed E-state index contributed by atoms with van der Waals surface area (Å²) < 4.78 is 4.49. The topological polar surface area (TPSA) is 107 Å². The molecule has 0 spiro atoms. The van der Waals surface area contributed by atoms with Crippen LogP contribution in [0.2, 0.25) is 0 Å². The zero-order valence-electron chi connectivity index (χ0n) is 10.9. The number of ether oxygens (including phenoxy) is 1. The lowest BCUT2D eigenvalue weighted by molar-refractivity contribution is -0.385. The van der Waals surface area contributed by atoms with Crippen molar-refractivity contribution in [2.45, 2.75) is 18.2 Å². The summed E-state index contributed by atoms with van der Waals surface area (Å²) in [5.74, 6) is -1.27. The minimum absolute atomic E-state index is 0.145. The Hall–Kier alpha value is -2.09. The van der Waals surface area contributed by atoms with Gasteiger partial charge in [-0.25, -0.2) is 4.79 Å². The van der Waals surface area contributed by atoms with Gasteiger partial charge in [0.25, 0.3) is 5.69 Å². The van der Waals surface area contributed by atoms with Crippen molar-refractivity contribution in [2.75, 3.05) is 12.9 Å². The number of carboxylic acids is 1. The molecule has 0 aromatic heterocycles. The van der Waals surface area contributed by atoms with Gasteiger partial charge in [0.2, 0.25) is 0 Å². The number of rotatable bonds is 6. The maximum Gasteiger partial charge on any atom is 0.335 e. The molecule has 0 aliphatic carbocycles. The third-order valence-electron chi connectivity index (χ3n) is 2.57. The molecule has 0 aliphatic heterocycles. The fraction of sp³-hybridized carbons (Fsp3) is 0.333. The molecular formula is C12H13NO6S. The highest BCUT2D eigenvalue weighted by Gasteiger charge is 2.19. The first kappa shape index (κ1) is 16.0. The van der Waals surface area contributed by atoms with E-state index in [2.05, 4.69) is 4.74 Å². The van der Waals surface area contributed by atoms with Crippen molar-refractivity contribution in [1.29, 1.82) is 0 Å².